The summed E-state index contributed by atoms with van der Waals surface area (Å²) in [4.78, 5) is 2.59. The molecule has 0 aromatic carbocycles. The molecule has 0 bridgehead atoms. The van der Waals surface area contributed by atoms with Gasteiger partial charge in [0.2, 0.25) is 0 Å². The van der Waals surface area contributed by atoms with E-state index in [1.807, 2.05) is 0 Å². The number of piperidine rings is 1. The molecule has 1 aliphatic heterocycles. The molecule has 2 fully saturated rings. The van der Waals surface area contributed by atoms with E-state index >= 15 is 0 Å². The van der Waals surface area contributed by atoms with Gasteiger partial charge in [-0.3, -0.25) is 0 Å². The summed E-state index contributed by atoms with van der Waals surface area (Å²) in [6.45, 7) is 13.4. The molecule has 112 valence electrons. The number of rotatable bonds is 4. The highest BCUT2D eigenvalue weighted by Crippen LogP contribution is 2.30. The second kappa shape index (κ2) is 7.08. The molecule has 1 saturated carbocycles. The molecule has 0 amide bonds. The van der Waals surface area contributed by atoms with Crippen molar-refractivity contribution in [2.75, 3.05) is 19.6 Å². The zero-order chi connectivity index (χ0) is 13.8. The minimum atomic E-state index is 0.713. The lowest BCUT2D eigenvalue weighted by Crippen LogP contribution is -2.47. The van der Waals surface area contributed by atoms with Gasteiger partial charge in [0.25, 0.3) is 0 Å². The molecule has 2 rings (SSSR count). The minimum Gasteiger partial charge on any atom is -0.311 e. The summed E-state index contributed by atoms with van der Waals surface area (Å²) in [7, 11) is 0. The Hall–Kier alpha value is -0.0800. The first-order valence-electron chi connectivity index (χ1n) is 8.58. The van der Waals surface area contributed by atoms with E-state index in [9.17, 15) is 0 Å². The maximum atomic E-state index is 3.95. The average Bonchev–Trinajstić information content (AvgIpc) is 2.43. The Bertz CT molecular complexity index is 258. The van der Waals surface area contributed by atoms with Crippen LogP contribution in [0, 0.1) is 17.8 Å². The molecule has 2 aliphatic rings. The Morgan fingerprint density at radius 1 is 1.05 bits per heavy atom. The first kappa shape index (κ1) is 15.3. The van der Waals surface area contributed by atoms with Crippen LogP contribution in [0.5, 0.6) is 0 Å². The molecule has 1 N–H and O–H groups in total. The van der Waals surface area contributed by atoms with Crippen LogP contribution in [-0.2, 0) is 0 Å². The van der Waals surface area contributed by atoms with Crippen molar-refractivity contribution in [3.63, 3.8) is 0 Å². The Labute approximate surface area is 120 Å². The van der Waals surface area contributed by atoms with Crippen molar-refractivity contribution >= 4 is 0 Å². The number of hydrogen-bond acceptors (Lipinski definition) is 2. The topological polar surface area (TPSA) is 15.3 Å². The lowest BCUT2D eigenvalue weighted by molar-refractivity contribution is 0.149. The van der Waals surface area contributed by atoms with Crippen molar-refractivity contribution in [3.05, 3.63) is 0 Å². The molecular weight excluding hydrogens is 232 g/mol. The fraction of sp³-hybridized carbons (Fsp3) is 1.00. The van der Waals surface area contributed by atoms with E-state index in [0.29, 0.717) is 6.04 Å². The number of nitrogens with one attached hydrogen (secondary N) is 1. The van der Waals surface area contributed by atoms with E-state index < -0.39 is 0 Å². The van der Waals surface area contributed by atoms with Gasteiger partial charge in [-0.15, -0.1) is 0 Å². The summed E-state index contributed by atoms with van der Waals surface area (Å²) < 4.78 is 0. The van der Waals surface area contributed by atoms with Gasteiger partial charge in [-0.1, -0.05) is 20.8 Å². The van der Waals surface area contributed by atoms with Crippen molar-refractivity contribution < 1.29 is 0 Å². The van der Waals surface area contributed by atoms with Gasteiger partial charge >= 0.3 is 0 Å². The summed E-state index contributed by atoms with van der Waals surface area (Å²) >= 11 is 0. The summed E-state index contributed by atoms with van der Waals surface area (Å²) in [5.74, 6) is 2.74. The third kappa shape index (κ3) is 4.19. The predicted octanol–water partition coefficient (Wildman–Crippen LogP) is 3.52. The fourth-order valence-electron chi connectivity index (χ4n) is 3.98. The van der Waals surface area contributed by atoms with Crippen LogP contribution in [0.1, 0.15) is 59.8 Å². The summed E-state index contributed by atoms with van der Waals surface area (Å²) in [6, 6.07) is 1.50. The van der Waals surface area contributed by atoms with Gasteiger partial charge < -0.3 is 10.2 Å². The molecule has 19 heavy (non-hydrogen) atoms. The Balaban J connectivity index is 1.74. The molecule has 1 heterocycles. The van der Waals surface area contributed by atoms with Crippen LogP contribution in [0.15, 0.2) is 0 Å². The molecule has 2 nitrogen and oxygen atoms in total. The van der Waals surface area contributed by atoms with E-state index in [4.69, 9.17) is 0 Å². The Morgan fingerprint density at radius 2 is 1.74 bits per heavy atom. The number of likely N-dealkylation sites (tertiary alicyclic amines) is 1. The highest BCUT2D eigenvalue weighted by molar-refractivity contribution is 4.85. The first-order chi connectivity index (χ1) is 9.10. The maximum absolute atomic E-state index is 3.95. The molecule has 0 radical (unpaired) electrons. The van der Waals surface area contributed by atoms with Crippen molar-refractivity contribution in [1.29, 1.82) is 0 Å². The summed E-state index contributed by atoms with van der Waals surface area (Å²) in [5, 5.41) is 3.95. The molecule has 0 aromatic heterocycles. The molecule has 1 saturated heterocycles. The van der Waals surface area contributed by atoms with Crippen LogP contribution in [0.4, 0.5) is 0 Å². The molecular formula is C17H34N2. The minimum absolute atomic E-state index is 0.713. The third-order valence-electron chi connectivity index (χ3n) is 5.88. The van der Waals surface area contributed by atoms with Gasteiger partial charge in [0.15, 0.2) is 0 Å². The van der Waals surface area contributed by atoms with E-state index in [1.165, 1.54) is 51.7 Å². The van der Waals surface area contributed by atoms with Crippen LogP contribution < -0.4 is 5.32 Å². The van der Waals surface area contributed by atoms with Crippen LogP contribution in [0.3, 0.4) is 0 Å². The highest BCUT2D eigenvalue weighted by atomic mass is 15.1. The number of nitrogens with zero attached hydrogens (tertiary/aromatic N) is 1. The second-order valence-corrected chi connectivity index (χ2v) is 7.19. The van der Waals surface area contributed by atoms with Crippen molar-refractivity contribution in [1.82, 2.24) is 10.2 Å². The second-order valence-electron chi connectivity index (χ2n) is 7.19. The van der Waals surface area contributed by atoms with Crippen molar-refractivity contribution in [2.45, 2.75) is 71.9 Å². The van der Waals surface area contributed by atoms with Gasteiger partial charge in [0, 0.05) is 12.1 Å². The van der Waals surface area contributed by atoms with E-state index in [2.05, 4.69) is 37.9 Å². The predicted molar refractivity (Wildman–Crippen MR) is 83.4 cm³/mol. The van der Waals surface area contributed by atoms with Crippen LogP contribution in [-0.4, -0.2) is 36.6 Å². The van der Waals surface area contributed by atoms with Crippen molar-refractivity contribution in [3.8, 4) is 0 Å². The van der Waals surface area contributed by atoms with Crippen LogP contribution in [0.2, 0.25) is 0 Å². The zero-order valence-corrected chi connectivity index (χ0v) is 13.5. The lowest BCUT2D eigenvalue weighted by Gasteiger charge is -2.39. The SMILES string of the molecule is CCN1CCC(C(C)NC2CCC(C)C(C)C2)CC1. The van der Waals surface area contributed by atoms with Crippen molar-refractivity contribution in [2.24, 2.45) is 17.8 Å². The maximum Gasteiger partial charge on any atom is 0.00723 e. The quantitative estimate of drug-likeness (QED) is 0.837. The van der Waals surface area contributed by atoms with Crippen LogP contribution in [0.25, 0.3) is 0 Å². The molecule has 4 atom stereocenters. The molecule has 0 spiro atoms. The van der Waals surface area contributed by atoms with E-state index in [-0.39, 0.29) is 0 Å². The third-order valence-corrected chi connectivity index (χ3v) is 5.88. The van der Waals surface area contributed by atoms with Gasteiger partial charge in [-0.2, -0.15) is 0 Å². The van der Waals surface area contributed by atoms with Gasteiger partial charge in [-0.05, 0) is 76.4 Å². The van der Waals surface area contributed by atoms with Crippen LogP contribution >= 0.6 is 0 Å². The Morgan fingerprint density at radius 3 is 2.32 bits per heavy atom. The zero-order valence-electron chi connectivity index (χ0n) is 13.5. The number of hydrogen-bond donors (Lipinski definition) is 1. The smallest absolute Gasteiger partial charge is 0.00723 e. The normalized spacial score (nSPS) is 36.3. The summed E-state index contributed by atoms with van der Waals surface area (Å²) in [5.41, 5.74) is 0. The first-order valence-corrected chi connectivity index (χ1v) is 8.58. The van der Waals surface area contributed by atoms with Gasteiger partial charge in [-0.25, -0.2) is 0 Å². The molecule has 4 unspecified atom stereocenters. The average molecular weight is 266 g/mol. The van der Waals surface area contributed by atoms with E-state index in [1.54, 1.807) is 0 Å². The molecule has 2 heteroatoms. The largest absolute Gasteiger partial charge is 0.311 e. The standard InChI is InChI=1S/C17H34N2/c1-5-19-10-8-16(9-11-19)15(4)18-17-7-6-13(2)14(3)12-17/h13-18H,5-12H2,1-4H3. The molecule has 1 aliphatic carbocycles. The molecule has 0 aromatic rings. The van der Waals surface area contributed by atoms with Gasteiger partial charge in [0.05, 0.1) is 0 Å². The Kier molecular flexibility index (Phi) is 5.70. The summed E-state index contributed by atoms with van der Waals surface area (Å²) in [6.07, 6.45) is 6.98. The highest BCUT2D eigenvalue weighted by Gasteiger charge is 2.28. The fourth-order valence-corrected chi connectivity index (χ4v) is 3.98. The van der Waals surface area contributed by atoms with Gasteiger partial charge in [0.1, 0.15) is 0 Å². The monoisotopic (exact) mass is 266 g/mol. The lowest BCUT2D eigenvalue weighted by atomic mass is 9.78. The van der Waals surface area contributed by atoms with E-state index in [0.717, 1.165) is 23.8 Å².